The van der Waals surface area contributed by atoms with Crippen LogP contribution in [0.3, 0.4) is 0 Å². The first-order valence-electron chi connectivity index (χ1n) is 7.64. The zero-order valence-corrected chi connectivity index (χ0v) is 13.3. The van der Waals surface area contributed by atoms with E-state index in [1.165, 1.54) is 0 Å². The molecule has 0 bridgehead atoms. The fourth-order valence-electron chi connectivity index (χ4n) is 2.15. The molecule has 0 aliphatic heterocycles. The van der Waals surface area contributed by atoms with Crippen molar-refractivity contribution >= 4 is 12.0 Å². The van der Waals surface area contributed by atoms with Gasteiger partial charge in [0.2, 0.25) is 0 Å². The minimum absolute atomic E-state index is 0.0483. The van der Waals surface area contributed by atoms with Crippen LogP contribution in [0.5, 0.6) is 0 Å². The number of carboxylic acids is 1. The number of nitrogens with zero attached hydrogens (tertiary/aromatic N) is 1. The Labute approximate surface area is 122 Å². The highest BCUT2D eigenvalue weighted by atomic mass is 16.4. The summed E-state index contributed by atoms with van der Waals surface area (Å²) >= 11 is 0. The third kappa shape index (κ3) is 8.02. The summed E-state index contributed by atoms with van der Waals surface area (Å²) < 4.78 is 0. The standard InChI is InChI=1S/C15H30N2O3/c1-5-7-13(8-9-14(18)19)10-11-16-15(20)17(4)12(3)6-2/h12-13H,5-11H2,1-4H3,(H,16,20)(H,18,19). The van der Waals surface area contributed by atoms with E-state index < -0.39 is 5.97 Å². The van der Waals surface area contributed by atoms with Crippen LogP contribution in [-0.2, 0) is 4.79 Å². The zero-order valence-electron chi connectivity index (χ0n) is 13.3. The maximum Gasteiger partial charge on any atom is 0.317 e. The van der Waals surface area contributed by atoms with Gasteiger partial charge >= 0.3 is 12.0 Å². The van der Waals surface area contributed by atoms with E-state index in [1.807, 2.05) is 6.92 Å². The lowest BCUT2D eigenvalue weighted by atomic mass is 9.94. The molecule has 0 saturated carbocycles. The molecule has 0 aliphatic carbocycles. The van der Waals surface area contributed by atoms with Crippen LogP contribution in [0.15, 0.2) is 0 Å². The van der Waals surface area contributed by atoms with Crippen LogP contribution in [-0.4, -0.2) is 41.6 Å². The van der Waals surface area contributed by atoms with E-state index in [2.05, 4.69) is 19.2 Å². The molecule has 0 radical (unpaired) electrons. The topological polar surface area (TPSA) is 69.6 Å². The normalized spacial score (nSPS) is 13.6. The van der Waals surface area contributed by atoms with Crippen LogP contribution >= 0.6 is 0 Å². The van der Waals surface area contributed by atoms with Gasteiger partial charge in [-0.25, -0.2) is 4.79 Å². The largest absolute Gasteiger partial charge is 0.481 e. The Morgan fingerprint density at radius 1 is 1.20 bits per heavy atom. The molecule has 0 aliphatic rings. The smallest absolute Gasteiger partial charge is 0.317 e. The summed E-state index contributed by atoms with van der Waals surface area (Å²) in [6, 6.07) is 0.182. The summed E-state index contributed by atoms with van der Waals surface area (Å²) in [7, 11) is 1.80. The molecule has 0 rings (SSSR count). The first-order chi connectivity index (χ1) is 9.42. The van der Waals surface area contributed by atoms with Crippen molar-refractivity contribution in [2.45, 2.75) is 65.3 Å². The summed E-state index contributed by atoms with van der Waals surface area (Å²) in [6.45, 7) is 6.79. The van der Waals surface area contributed by atoms with Crippen LogP contribution in [0.2, 0.25) is 0 Å². The SMILES string of the molecule is CCCC(CCNC(=O)N(C)C(C)CC)CCC(=O)O. The van der Waals surface area contributed by atoms with Gasteiger partial charge in [-0.1, -0.05) is 26.7 Å². The lowest BCUT2D eigenvalue weighted by Crippen LogP contribution is -2.42. The number of carboxylic acid groups (broad SMARTS) is 1. The third-order valence-electron chi connectivity index (χ3n) is 3.86. The molecule has 0 spiro atoms. The summed E-state index contributed by atoms with van der Waals surface area (Å²) in [6.07, 6.45) is 4.75. The summed E-state index contributed by atoms with van der Waals surface area (Å²) in [5.74, 6) is -0.364. The van der Waals surface area contributed by atoms with E-state index >= 15 is 0 Å². The lowest BCUT2D eigenvalue weighted by molar-refractivity contribution is -0.137. The fraction of sp³-hybridized carbons (Fsp3) is 0.867. The van der Waals surface area contributed by atoms with Gasteiger partial charge in [0.1, 0.15) is 0 Å². The van der Waals surface area contributed by atoms with E-state index in [-0.39, 0.29) is 18.5 Å². The second-order valence-corrected chi connectivity index (χ2v) is 5.48. The molecule has 0 heterocycles. The van der Waals surface area contributed by atoms with Crippen molar-refractivity contribution in [3.8, 4) is 0 Å². The highest BCUT2D eigenvalue weighted by molar-refractivity contribution is 5.74. The van der Waals surface area contributed by atoms with Crippen LogP contribution in [0.1, 0.15) is 59.3 Å². The summed E-state index contributed by atoms with van der Waals surface area (Å²) in [5, 5.41) is 11.6. The van der Waals surface area contributed by atoms with Crippen molar-refractivity contribution in [2.24, 2.45) is 5.92 Å². The van der Waals surface area contributed by atoms with Gasteiger partial charge < -0.3 is 15.3 Å². The van der Waals surface area contributed by atoms with E-state index in [1.54, 1.807) is 11.9 Å². The third-order valence-corrected chi connectivity index (χ3v) is 3.86. The van der Waals surface area contributed by atoms with Crippen molar-refractivity contribution < 1.29 is 14.7 Å². The van der Waals surface area contributed by atoms with Gasteiger partial charge in [0, 0.05) is 26.1 Å². The molecule has 0 saturated heterocycles. The molecule has 0 aromatic heterocycles. The molecular formula is C15H30N2O3. The Kier molecular flexibility index (Phi) is 9.86. The van der Waals surface area contributed by atoms with Gasteiger partial charge in [-0.3, -0.25) is 4.79 Å². The molecule has 0 aromatic carbocycles. The van der Waals surface area contributed by atoms with Gasteiger partial charge in [-0.2, -0.15) is 0 Å². The van der Waals surface area contributed by atoms with Crippen molar-refractivity contribution in [2.75, 3.05) is 13.6 Å². The van der Waals surface area contributed by atoms with E-state index in [4.69, 9.17) is 5.11 Å². The Morgan fingerprint density at radius 2 is 1.85 bits per heavy atom. The van der Waals surface area contributed by atoms with Crippen molar-refractivity contribution in [1.29, 1.82) is 0 Å². The van der Waals surface area contributed by atoms with Crippen molar-refractivity contribution in [1.82, 2.24) is 10.2 Å². The maximum absolute atomic E-state index is 11.9. The monoisotopic (exact) mass is 286 g/mol. The fourth-order valence-corrected chi connectivity index (χ4v) is 2.15. The lowest BCUT2D eigenvalue weighted by Gasteiger charge is -2.24. The Bertz CT molecular complexity index is 295. The number of hydrogen-bond donors (Lipinski definition) is 2. The van der Waals surface area contributed by atoms with Crippen LogP contribution in [0, 0.1) is 5.92 Å². The second kappa shape index (κ2) is 10.5. The van der Waals surface area contributed by atoms with E-state index in [0.717, 1.165) is 25.7 Å². The molecule has 2 atom stereocenters. The minimum Gasteiger partial charge on any atom is -0.481 e. The summed E-state index contributed by atoms with van der Waals surface area (Å²) in [5.41, 5.74) is 0. The van der Waals surface area contributed by atoms with Gasteiger partial charge in [0.15, 0.2) is 0 Å². The molecule has 5 nitrogen and oxygen atoms in total. The first kappa shape index (κ1) is 18.7. The molecule has 2 unspecified atom stereocenters. The predicted molar refractivity (Wildman–Crippen MR) is 80.8 cm³/mol. The van der Waals surface area contributed by atoms with E-state index in [9.17, 15) is 9.59 Å². The van der Waals surface area contributed by atoms with Crippen molar-refractivity contribution in [3.05, 3.63) is 0 Å². The number of nitrogens with one attached hydrogen (secondary N) is 1. The highest BCUT2D eigenvalue weighted by Gasteiger charge is 2.15. The Hall–Kier alpha value is -1.26. The number of carbonyl (C=O) groups is 2. The average molecular weight is 286 g/mol. The number of aliphatic carboxylic acids is 1. The Balaban J connectivity index is 4.03. The number of rotatable bonds is 10. The predicted octanol–water partition coefficient (Wildman–Crippen LogP) is 3.10. The quantitative estimate of drug-likeness (QED) is 0.648. The molecule has 0 aromatic rings. The molecule has 20 heavy (non-hydrogen) atoms. The number of urea groups is 1. The second-order valence-electron chi connectivity index (χ2n) is 5.48. The molecule has 2 amide bonds. The highest BCUT2D eigenvalue weighted by Crippen LogP contribution is 2.17. The van der Waals surface area contributed by atoms with Crippen LogP contribution in [0.4, 0.5) is 4.79 Å². The van der Waals surface area contributed by atoms with Gasteiger partial charge in [0.25, 0.3) is 0 Å². The zero-order chi connectivity index (χ0) is 15.5. The molecule has 2 N–H and O–H groups in total. The molecule has 0 fully saturated rings. The number of amides is 2. The maximum atomic E-state index is 11.9. The average Bonchev–Trinajstić information content (AvgIpc) is 2.42. The number of carbonyl (C=O) groups excluding carboxylic acids is 1. The van der Waals surface area contributed by atoms with Gasteiger partial charge in [-0.05, 0) is 32.1 Å². The van der Waals surface area contributed by atoms with Crippen LogP contribution < -0.4 is 5.32 Å². The first-order valence-corrected chi connectivity index (χ1v) is 7.64. The van der Waals surface area contributed by atoms with Gasteiger partial charge in [-0.15, -0.1) is 0 Å². The summed E-state index contributed by atoms with van der Waals surface area (Å²) in [4.78, 5) is 24.2. The molecular weight excluding hydrogens is 256 g/mol. The van der Waals surface area contributed by atoms with Gasteiger partial charge in [0.05, 0.1) is 0 Å². The van der Waals surface area contributed by atoms with E-state index in [0.29, 0.717) is 18.9 Å². The minimum atomic E-state index is -0.744. The molecule has 5 heteroatoms. The Morgan fingerprint density at radius 3 is 2.35 bits per heavy atom. The van der Waals surface area contributed by atoms with Crippen molar-refractivity contribution in [3.63, 3.8) is 0 Å². The number of hydrogen-bond acceptors (Lipinski definition) is 2. The molecule has 118 valence electrons. The van der Waals surface area contributed by atoms with Crippen LogP contribution in [0.25, 0.3) is 0 Å².